The molecule has 0 heterocycles. The van der Waals surface area contributed by atoms with E-state index in [2.05, 4.69) is 19.2 Å². The highest BCUT2D eigenvalue weighted by atomic mass is 32.2. The van der Waals surface area contributed by atoms with Crippen LogP contribution in [0.25, 0.3) is 6.08 Å². The maximum absolute atomic E-state index is 12.2. The number of hydrogen-bond donors (Lipinski definition) is 1. The number of ether oxygens (including phenoxy) is 2. The van der Waals surface area contributed by atoms with Gasteiger partial charge >= 0.3 is 0 Å². The van der Waals surface area contributed by atoms with Crippen LogP contribution in [0, 0.1) is 5.92 Å². The second-order valence-corrected chi connectivity index (χ2v) is 8.25. The molecular formula is C23H28N2O4S. The summed E-state index contributed by atoms with van der Waals surface area (Å²) in [6.07, 6.45) is 3.17. The van der Waals surface area contributed by atoms with E-state index in [-0.39, 0.29) is 11.1 Å². The van der Waals surface area contributed by atoms with Crippen molar-refractivity contribution < 1.29 is 19.1 Å². The minimum atomic E-state index is -0.251. The van der Waals surface area contributed by atoms with Crippen molar-refractivity contribution in [1.29, 1.82) is 0 Å². The Bertz CT molecular complexity index is 893. The molecule has 2 rings (SSSR count). The van der Waals surface area contributed by atoms with Crippen molar-refractivity contribution in [1.82, 2.24) is 4.90 Å². The Hall–Kier alpha value is -2.93. The van der Waals surface area contributed by atoms with Crippen LogP contribution >= 0.6 is 11.8 Å². The number of methoxy groups -OCH3 is 1. The Balaban J connectivity index is 1.96. The van der Waals surface area contributed by atoms with Gasteiger partial charge < -0.3 is 19.7 Å². The molecule has 0 unspecified atom stereocenters. The van der Waals surface area contributed by atoms with E-state index in [9.17, 15) is 9.59 Å². The third kappa shape index (κ3) is 7.48. The van der Waals surface area contributed by atoms with Crippen molar-refractivity contribution in [3.05, 3.63) is 54.1 Å². The molecule has 0 aromatic heterocycles. The molecule has 0 saturated heterocycles. The third-order valence-corrected chi connectivity index (χ3v) is 4.93. The van der Waals surface area contributed by atoms with Gasteiger partial charge in [-0.15, -0.1) is 0 Å². The molecule has 30 heavy (non-hydrogen) atoms. The fourth-order valence-corrected chi connectivity index (χ4v) is 2.97. The van der Waals surface area contributed by atoms with E-state index < -0.39 is 0 Å². The molecule has 2 aromatic carbocycles. The normalized spacial score (nSPS) is 10.9. The maximum atomic E-state index is 12.2. The number of hydrogen-bond acceptors (Lipinski definition) is 5. The monoisotopic (exact) mass is 428 g/mol. The molecule has 0 spiro atoms. The Morgan fingerprint density at radius 2 is 1.80 bits per heavy atom. The topological polar surface area (TPSA) is 67.9 Å². The number of thioether (sulfide) groups is 1. The number of amides is 2. The first kappa shape index (κ1) is 23.3. The van der Waals surface area contributed by atoms with E-state index in [1.165, 1.54) is 11.0 Å². The SMILES string of the molecule is COc1cc(/C=C/C(=O)Nc2ccc(SC(=O)N(C)C)cc2)ccc1OCC(C)C. The van der Waals surface area contributed by atoms with Crippen LogP contribution in [0.1, 0.15) is 19.4 Å². The quantitative estimate of drug-likeness (QED) is 0.465. The number of carbonyl (C=O) groups excluding carboxylic acids is 2. The van der Waals surface area contributed by atoms with Crippen molar-refractivity contribution in [3.63, 3.8) is 0 Å². The summed E-state index contributed by atoms with van der Waals surface area (Å²) in [5.74, 6) is 1.47. The first-order valence-corrected chi connectivity index (χ1v) is 10.4. The molecule has 6 nitrogen and oxygen atoms in total. The lowest BCUT2D eigenvalue weighted by atomic mass is 10.2. The molecule has 0 saturated carbocycles. The molecule has 0 radical (unpaired) electrons. The molecule has 0 aliphatic rings. The lowest BCUT2D eigenvalue weighted by Gasteiger charge is -2.12. The highest BCUT2D eigenvalue weighted by molar-refractivity contribution is 8.13. The van der Waals surface area contributed by atoms with Gasteiger partial charge in [-0.2, -0.15) is 0 Å². The largest absolute Gasteiger partial charge is 0.493 e. The summed E-state index contributed by atoms with van der Waals surface area (Å²) in [7, 11) is 5.00. The number of benzene rings is 2. The number of rotatable bonds is 8. The molecule has 2 amide bonds. The van der Waals surface area contributed by atoms with Crippen LogP contribution in [-0.2, 0) is 4.79 Å². The lowest BCUT2D eigenvalue weighted by Crippen LogP contribution is -2.16. The highest BCUT2D eigenvalue weighted by Gasteiger charge is 2.08. The first-order chi connectivity index (χ1) is 14.3. The molecule has 2 aromatic rings. The smallest absolute Gasteiger partial charge is 0.285 e. The summed E-state index contributed by atoms with van der Waals surface area (Å²) in [6, 6.07) is 12.7. The fourth-order valence-electron chi connectivity index (χ4n) is 2.32. The summed E-state index contributed by atoms with van der Waals surface area (Å²) in [4.78, 5) is 26.3. The van der Waals surface area contributed by atoms with E-state index in [0.717, 1.165) is 22.2 Å². The standard InChI is InChI=1S/C23H28N2O4S/c1-16(2)15-29-20-12-6-17(14-21(20)28-5)7-13-22(26)24-18-8-10-19(11-9-18)30-23(27)25(3)4/h6-14,16H,15H2,1-5H3,(H,24,26)/b13-7+. The molecular weight excluding hydrogens is 400 g/mol. The second-order valence-electron chi connectivity index (χ2n) is 7.22. The minimum Gasteiger partial charge on any atom is -0.493 e. The van der Waals surface area contributed by atoms with Gasteiger partial charge in [-0.3, -0.25) is 9.59 Å². The van der Waals surface area contributed by atoms with Crippen LogP contribution in [0.4, 0.5) is 10.5 Å². The van der Waals surface area contributed by atoms with E-state index in [0.29, 0.717) is 29.7 Å². The van der Waals surface area contributed by atoms with Crippen LogP contribution in [-0.4, -0.2) is 43.9 Å². The van der Waals surface area contributed by atoms with Gasteiger partial charge in [0.25, 0.3) is 5.24 Å². The molecule has 0 aliphatic heterocycles. The van der Waals surface area contributed by atoms with Crippen molar-refractivity contribution in [3.8, 4) is 11.5 Å². The van der Waals surface area contributed by atoms with Crippen LogP contribution < -0.4 is 14.8 Å². The maximum Gasteiger partial charge on any atom is 0.285 e. The van der Waals surface area contributed by atoms with Gasteiger partial charge in [0.05, 0.1) is 13.7 Å². The predicted molar refractivity (Wildman–Crippen MR) is 122 cm³/mol. The van der Waals surface area contributed by atoms with Gasteiger partial charge in [0.2, 0.25) is 5.91 Å². The number of nitrogens with one attached hydrogen (secondary N) is 1. The number of nitrogens with zero attached hydrogens (tertiary/aromatic N) is 1. The average Bonchev–Trinajstić information content (AvgIpc) is 2.72. The van der Waals surface area contributed by atoms with Crippen LogP contribution in [0.3, 0.4) is 0 Å². The Labute approximate surface area is 182 Å². The van der Waals surface area contributed by atoms with Gasteiger partial charge in [-0.1, -0.05) is 19.9 Å². The summed E-state index contributed by atoms with van der Waals surface area (Å²) < 4.78 is 11.1. The van der Waals surface area contributed by atoms with Crippen molar-refractivity contribution in [2.24, 2.45) is 5.92 Å². The summed E-state index contributed by atoms with van der Waals surface area (Å²) in [6.45, 7) is 4.77. The van der Waals surface area contributed by atoms with E-state index in [4.69, 9.17) is 9.47 Å². The molecule has 1 N–H and O–H groups in total. The second kappa shape index (κ2) is 11.3. The van der Waals surface area contributed by atoms with Gasteiger partial charge in [-0.05, 0) is 65.7 Å². The molecule has 7 heteroatoms. The van der Waals surface area contributed by atoms with Crippen molar-refractivity contribution in [2.45, 2.75) is 18.7 Å². The minimum absolute atomic E-state index is 0.0502. The molecule has 0 fully saturated rings. The third-order valence-electron chi connectivity index (χ3n) is 3.88. The van der Waals surface area contributed by atoms with Gasteiger partial charge in [0, 0.05) is 30.8 Å². The van der Waals surface area contributed by atoms with E-state index in [1.54, 1.807) is 51.5 Å². The molecule has 0 bridgehead atoms. The van der Waals surface area contributed by atoms with Crippen molar-refractivity contribution >= 4 is 34.7 Å². The van der Waals surface area contributed by atoms with Gasteiger partial charge in [-0.25, -0.2) is 0 Å². The summed E-state index contributed by atoms with van der Waals surface area (Å²) in [5.41, 5.74) is 1.48. The predicted octanol–water partition coefficient (Wildman–Crippen LogP) is 5.16. The molecule has 0 aliphatic carbocycles. The Kier molecular flexibility index (Phi) is 8.80. The van der Waals surface area contributed by atoms with E-state index >= 15 is 0 Å². The van der Waals surface area contributed by atoms with Crippen LogP contribution in [0.15, 0.2) is 53.4 Å². The molecule has 160 valence electrons. The zero-order valence-corrected chi connectivity index (χ0v) is 18.8. The van der Waals surface area contributed by atoms with Crippen molar-refractivity contribution in [2.75, 3.05) is 33.1 Å². The number of carbonyl (C=O) groups is 2. The summed E-state index contributed by atoms with van der Waals surface area (Å²) in [5, 5.41) is 2.75. The zero-order valence-electron chi connectivity index (χ0n) is 18.0. The lowest BCUT2D eigenvalue weighted by molar-refractivity contribution is -0.111. The average molecular weight is 429 g/mol. The number of anilines is 1. The Morgan fingerprint density at radius 3 is 2.40 bits per heavy atom. The summed E-state index contributed by atoms with van der Waals surface area (Å²) >= 11 is 1.13. The molecule has 0 atom stereocenters. The van der Waals surface area contributed by atoms with Gasteiger partial charge in [0.1, 0.15) is 0 Å². The Morgan fingerprint density at radius 1 is 1.10 bits per heavy atom. The van der Waals surface area contributed by atoms with Gasteiger partial charge in [0.15, 0.2) is 11.5 Å². The zero-order chi connectivity index (χ0) is 22.1. The van der Waals surface area contributed by atoms with Crippen LogP contribution in [0.5, 0.6) is 11.5 Å². The van der Waals surface area contributed by atoms with Crippen LogP contribution in [0.2, 0.25) is 0 Å². The van der Waals surface area contributed by atoms with E-state index in [1.807, 2.05) is 18.2 Å². The highest BCUT2D eigenvalue weighted by Crippen LogP contribution is 2.29. The first-order valence-electron chi connectivity index (χ1n) is 9.57. The fraction of sp³-hybridized carbons (Fsp3) is 0.304.